The molecule has 0 aliphatic heterocycles. The topological polar surface area (TPSA) is 63.8 Å². The summed E-state index contributed by atoms with van der Waals surface area (Å²) in [5, 5.41) is 2.59. The zero-order valence-electron chi connectivity index (χ0n) is 8.64. The Hall–Kier alpha value is -1.01. The van der Waals surface area contributed by atoms with Crippen molar-refractivity contribution >= 4 is 22.9 Å². The minimum Gasteiger partial charge on any atom is -0.270 e. The van der Waals surface area contributed by atoms with Gasteiger partial charge in [0.05, 0.1) is 5.02 Å². The zero-order chi connectivity index (χ0) is 11.5. The minimum absolute atomic E-state index is 0.256. The van der Waals surface area contributed by atoms with E-state index in [1.54, 1.807) is 12.4 Å². The minimum atomic E-state index is -0.256. The van der Waals surface area contributed by atoms with E-state index in [1.807, 2.05) is 18.4 Å². The highest BCUT2D eigenvalue weighted by Crippen LogP contribution is 2.30. The highest BCUT2D eigenvalue weighted by atomic mass is 35.5. The van der Waals surface area contributed by atoms with Crippen molar-refractivity contribution in [3.05, 3.63) is 45.1 Å². The van der Waals surface area contributed by atoms with E-state index in [0.717, 1.165) is 10.4 Å². The van der Waals surface area contributed by atoms with Gasteiger partial charge >= 0.3 is 0 Å². The summed E-state index contributed by atoms with van der Waals surface area (Å²) in [6, 6.07) is 1.58. The van der Waals surface area contributed by atoms with Crippen molar-refractivity contribution in [1.82, 2.24) is 15.4 Å². The lowest BCUT2D eigenvalue weighted by atomic mass is 10.2. The predicted octanol–water partition coefficient (Wildman–Crippen LogP) is 2.05. The van der Waals surface area contributed by atoms with E-state index in [4.69, 9.17) is 17.4 Å². The smallest absolute Gasteiger partial charge is 0.151 e. The first-order chi connectivity index (χ1) is 7.72. The molecule has 2 aromatic rings. The molecule has 0 fully saturated rings. The number of hydrogen-bond donors (Lipinski definition) is 2. The maximum absolute atomic E-state index is 6.05. The molecule has 0 radical (unpaired) electrons. The molecule has 6 heteroatoms. The zero-order valence-corrected chi connectivity index (χ0v) is 10.2. The molecule has 2 heterocycles. The Bertz CT molecular complexity index is 468. The van der Waals surface area contributed by atoms with Crippen LogP contribution in [0.3, 0.4) is 0 Å². The van der Waals surface area contributed by atoms with Gasteiger partial charge in [0.15, 0.2) is 5.82 Å². The van der Waals surface area contributed by atoms with Crippen LogP contribution in [-0.2, 0) is 0 Å². The summed E-state index contributed by atoms with van der Waals surface area (Å²) in [6.07, 6.45) is 3.52. The Labute approximate surface area is 102 Å². The maximum Gasteiger partial charge on any atom is 0.151 e. The van der Waals surface area contributed by atoms with E-state index in [2.05, 4.69) is 15.4 Å². The number of thiophene rings is 1. The lowest BCUT2D eigenvalue weighted by Crippen LogP contribution is -2.29. The summed E-state index contributed by atoms with van der Waals surface area (Å²) in [7, 11) is 0. The van der Waals surface area contributed by atoms with Crippen LogP contribution in [0.25, 0.3) is 0 Å². The molecule has 0 aliphatic rings. The Morgan fingerprint density at radius 2 is 2.12 bits per heavy atom. The fraction of sp³-hybridized carbons (Fsp3) is 0.200. The molecule has 0 saturated heterocycles. The van der Waals surface area contributed by atoms with Crippen LogP contribution in [0.15, 0.2) is 23.8 Å². The van der Waals surface area contributed by atoms with Crippen LogP contribution in [0.2, 0.25) is 5.02 Å². The van der Waals surface area contributed by atoms with Gasteiger partial charge in [-0.05, 0) is 23.9 Å². The third-order valence-corrected chi connectivity index (χ3v) is 3.56. The molecule has 84 valence electrons. The van der Waals surface area contributed by atoms with Gasteiger partial charge in [-0.2, -0.15) is 0 Å². The van der Waals surface area contributed by atoms with Crippen LogP contribution in [0.4, 0.5) is 0 Å². The van der Waals surface area contributed by atoms with Crippen molar-refractivity contribution in [2.24, 2.45) is 5.84 Å². The van der Waals surface area contributed by atoms with Crippen LogP contribution < -0.4 is 11.3 Å². The molecule has 1 unspecified atom stereocenters. The van der Waals surface area contributed by atoms with E-state index in [0.29, 0.717) is 10.8 Å². The van der Waals surface area contributed by atoms with E-state index < -0.39 is 0 Å². The number of aryl methyl sites for hydroxylation is 1. The summed E-state index contributed by atoms with van der Waals surface area (Å²) >= 11 is 7.58. The van der Waals surface area contributed by atoms with Crippen LogP contribution in [0.5, 0.6) is 0 Å². The number of nitrogens with zero attached hydrogens (tertiary/aromatic N) is 2. The molecule has 0 aromatic carbocycles. The molecule has 0 bridgehead atoms. The van der Waals surface area contributed by atoms with Crippen LogP contribution in [-0.4, -0.2) is 9.97 Å². The first kappa shape index (κ1) is 11.5. The van der Waals surface area contributed by atoms with Gasteiger partial charge in [-0.3, -0.25) is 5.84 Å². The van der Waals surface area contributed by atoms with Crippen molar-refractivity contribution in [2.45, 2.75) is 13.0 Å². The second-order valence-corrected chi connectivity index (χ2v) is 4.71. The second kappa shape index (κ2) is 4.88. The summed E-state index contributed by atoms with van der Waals surface area (Å²) in [5.41, 5.74) is 3.69. The summed E-state index contributed by atoms with van der Waals surface area (Å²) in [4.78, 5) is 9.41. The number of aromatic nitrogens is 2. The average molecular weight is 255 g/mol. The number of halogens is 1. The van der Waals surface area contributed by atoms with Gasteiger partial charge in [-0.1, -0.05) is 11.6 Å². The average Bonchev–Trinajstić information content (AvgIpc) is 2.69. The van der Waals surface area contributed by atoms with Gasteiger partial charge in [0, 0.05) is 17.3 Å². The third kappa shape index (κ3) is 2.22. The quantitative estimate of drug-likeness (QED) is 0.650. The van der Waals surface area contributed by atoms with Crippen molar-refractivity contribution < 1.29 is 0 Å². The molecule has 16 heavy (non-hydrogen) atoms. The maximum atomic E-state index is 6.05. The molecule has 2 rings (SSSR count). The van der Waals surface area contributed by atoms with Crippen LogP contribution in [0.1, 0.15) is 22.3 Å². The Balaban J connectivity index is 2.37. The summed E-state index contributed by atoms with van der Waals surface area (Å²) in [6.45, 7) is 1.94. The largest absolute Gasteiger partial charge is 0.270 e. The van der Waals surface area contributed by atoms with E-state index in [1.165, 1.54) is 11.3 Å². The third-order valence-electron chi connectivity index (χ3n) is 2.13. The molecule has 0 amide bonds. The second-order valence-electron chi connectivity index (χ2n) is 3.35. The number of rotatable bonds is 3. The van der Waals surface area contributed by atoms with Crippen molar-refractivity contribution in [1.29, 1.82) is 0 Å². The highest BCUT2D eigenvalue weighted by molar-refractivity contribution is 7.10. The molecule has 0 spiro atoms. The Morgan fingerprint density at radius 1 is 1.44 bits per heavy atom. The summed E-state index contributed by atoms with van der Waals surface area (Å²) < 4.78 is 0. The standard InChI is InChI=1S/C10H11ClN4S/c1-6-4-13-10(14-5-6)8(15-12)9-7(11)2-3-16-9/h2-5,8,15H,12H2,1H3. The van der Waals surface area contributed by atoms with Crippen LogP contribution in [0, 0.1) is 6.92 Å². The number of hydrogen-bond acceptors (Lipinski definition) is 5. The van der Waals surface area contributed by atoms with Gasteiger partial charge < -0.3 is 0 Å². The fourth-order valence-corrected chi connectivity index (χ4v) is 2.55. The summed E-state index contributed by atoms with van der Waals surface area (Å²) in [5.74, 6) is 6.14. The van der Waals surface area contributed by atoms with Crippen LogP contribution >= 0.6 is 22.9 Å². The number of nitrogens with two attached hydrogens (primary N) is 1. The first-order valence-corrected chi connectivity index (χ1v) is 5.95. The highest BCUT2D eigenvalue weighted by Gasteiger charge is 2.19. The Kier molecular flexibility index (Phi) is 3.50. The Morgan fingerprint density at radius 3 is 2.62 bits per heavy atom. The number of nitrogens with one attached hydrogen (secondary N) is 1. The first-order valence-electron chi connectivity index (χ1n) is 4.70. The molecule has 0 saturated carbocycles. The predicted molar refractivity (Wildman–Crippen MR) is 65.3 cm³/mol. The van der Waals surface area contributed by atoms with Crippen molar-refractivity contribution in [3.63, 3.8) is 0 Å². The molecule has 2 aromatic heterocycles. The lowest BCUT2D eigenvalue weighted by Gasteiger charge is -2.13. The normalized spacial score (nSPS) is 12.7. The molecule has 4 nitrogen and oxygen atoms in total. The fourth-order valence-electron chi connectivity index (χ4n) is 1.33. The molecule has 1 atom stereocenters. The van der Waals surface area contributed by atoms with Gasteiger partial charge in [0.25, 0.3) is 0 Å². The molecule has 3 N–H and O–H groups in total. The SMILES string of the molecule is Cc1cnc(C(NN)c2sccc2Cl)nc1. The van der Waals surface area contributed by atoms with Crippen molar-refractivity contribution in [2.75, 3.05) is 0 Å². The molecule has 0 aliphatic carbocycles. The van der Waals surface area contributed by atoms with Gasteiger partial charge in [-0.25, -0.2) is 15.4 Å². The number of hydrazine groups is 1. The van der Waals surface area contributed by atoms with Gasteiger partial charge in [0.2, 0.25) is 0 Å². The van der Waals surface area contributed by atoms with E-state index in [9.17, 15) is 0 Å². The molecular formula is C10H11ClN4S. The monoisotopic (exact) mass is 254 g/mol. The van der Waals surface area contributed by atoms with Crippen molar-refractivity contribution in [3.8, 4) is 0 Å². The van der Waals surface area contributed by atoms with E-state index >= 15 is 0 Å². The van der Waals surface area contributed by atoms with Gasteiger partial charge in [-0.15, -0.1) is 11.3 Å². The molecular weight excluding hydrogens is 244 g/mol. The van der Waals surface area contributed by atoms with Gasteiger partial charge in [0.1, 0.15) is 6.04 Å². The lowest BCUT2D eigenvalue weighted by molar-refractivity contribution is 0.609. The van der Waals surface area contributed by atoms with E-state index in [-0.39, 0.29) is 6.04 Å².